The highest BCUT2D eigenvalue weighted by Crippen LogP contribution is 2.56. The van der Waals surface area contributed by atoms with Crippen molar-refractivity contribution < 1.29 is 0 Å². The number of hydrogen-bond donors (Lipinski definition) is 0. The SMILES string of the molecule is CC1(C)c2ccccc2-c2cc(N(c3cccc(-c4ccc5c(c4)c4ccccc4n5-c4ccccc4)c3)c3cccc4c3C(C)(C)c3ccccc3-4)ccc21. The fraction of sp³-hybridized carbons (Fsp3) is 0.111. The first-order valence-corrected chi connectivity index (χ1v) is 19.8. The Labute approximate surface area is 328 Å². The number of benzene rings is 8. The highest BCUT2D eigenvalue weighted by atomic mass is 15.1. The van der Waals surface area contributed by atoms with Crippen molar-refractivity contribution in [1.82, 2.24) is 4.57 Å². The van der Waals surface area contributed by atoms with Gasteiger partial charge in [0.25, 0.3) is 0 Å². The summed E-state index contributed by atoms with van der Waals surface area (Å²) in [7, 11) is 0. The van der Waals surface area contributed by atoms with Gasteiger partial charge >= 0.3 is 0 Å². The Morgan fingerprint density at radius 3 is 1.82 bits per heavy atom. The minimum absolute atomic E-state index is 0.0604. The normalized spacial score (nSPS) is 14.4. The standard InChI is InChI=1S/C54H42N2/c1-53(2)46-24-11-9-21-41(46)44-34-39(29-30-48(44)53)55(51-27-15-23-43-40-20-8-12-25-47(40)54(3,4)52(43)51)38-19-14-16-35(32-38)36-28-31-50-45(33-36)42-22-10-13-26-49(42)56(50)37-17-6-5-7-18-37/h5-34H,1-4H3. The van der Waals surface area contributed by atoms with Crippen molar-refractivity contribution in [3.05, 3.63) is 204 Å². The second-order valence-electron chi connectivity index (χ2n) is 16.6. The molecule has 9 aromatic rings. The van der Waals surface area contributed by atoms with Gasteiger partial charge in [-0.05, 0) is 116 Å². The molecule has 11 rings (SSSR count). The van der Waals surface area contributed by atoms with Gasteiger partial charge in [-0.1, -0.05) is 149 Å². The minimum Gasteiger partial charge on any atom is -0.310 e. The molecule has 0 saturated carbocycles. The van der Waals surface area contributed by atoms with Gasteiger partial charge in [0.2, 0.25) is 0 Å². The summed E-state index contributed by atoms with van der Waals surface area (Å²) in [5.74, 6) is 0. The number of anilines is 3. The molecule has 268 valence electrons. The molecule has 0 fully saturated rings. The Morgan fingerprint density at radius 1 is 0.393 bits per heavy atom. The molecule has 2 nitrogen and oxygen atoms in total. The smallest absolute Gasteiger partial charge is 0.0541 e. The molecule has 0 amide bonds. The predicted octanol–water partition coefficient (Wildman–Crippen LogP) is 14.5. The number of aromatic nitrogens is 1. The second-order valence-corrected chi connectivity index (χ2v) is 16.6. The molecule has 8 aromatic carbocycles. The fourth-order valence-electron chi connectivity index (χ4n) is 10.1. The Kier molecular flexibility index (Phi) is 6.98. The number of fused-ring (bicyclic) bond motifs is 9. The lowest BCUT2D eigenvalue weighted by molar-refractivity contribution is 0.660. The van der Waals surface area contributed by atoms with Gasteiger partial charge in [0.05, 0.1) is 16.7 Å². The van der Waals surface area contributed by atoms with Crippen LogP contribution in [0.15, 0.2) is 182 Å². The van der Waals surface area contributed by atoms with Gasteiger partial charge in [0.1, 0.15) is 0 Å². The highest BCUT2D eigenvalue weighted by molar-refractivity contribution is 6.10. The highest BCUT2D eigenvalue weighted by Gasteiger charge is 2.40. The van der Waals surface area contributed by atoms with Crippen molar-refractivity contribution in [3.8, 4) is 39.1 Å². The molecular weight excluding hydrogens is 677 g/mol. The van der Waals surface area contributed by atoms with E-state index in [-0.39, 0.29) is 10.8 Å². The van der Waals surface area contributed by atoms with Crippen LogP contribution in [0.2, 0.25) is 0 Å². The lowest BCUT2D eigenvalue weighted by Crippen LogP contribution is -2.21. The molecule has 2 heteroatoms. The number of para-hydroxylation sites is 2. The van der Waals surface area contributed by atoms with E-state index < -0.39 is 0 Å². The molecule has 0 atom stereocenters. The molecule has 0 aliphatic heterocycles. The van der Waals surface area contributed by atoms with Crippen LogP contribution in [-0.2, 0) is 10.8 Å². The van der Waals surface area contributed by atoms with E-state index in [9.17, 15) is 0 Å². The molecule has 0 saturated heterocycles. The van der Waals surface area contributed by atoms with Crippen LogP contribution in [0.3, 0.4) is 0 Å². The van der Waals surface area contributed by atoms with Gasteiger partial charge in [0.15, 0.2) is 0 Å². The van der Waals surface area contributed by atoms with Crippen molar-refractivity contribution in [3.63, 3.8) is 0 Å². The summed E-state index contributed by atoms with van der Waals surface area (Å²) in [6.45, 7) is 9.49. The topological polar surface area (TPSA) is 8.17 Å². The Morgan fingerprint density at radius 2 is 1.00 bits per heavy atom. The molecular formula is C54H42N2. The van der Waals surface area contributed by atoms with Crippen molar-refractivity contribution in [1.29, 1.82) is 0 Å². The number of rotatable bonds is 5. The van der Waals surface area contributed by atoms with Gasteiger partial charge in [-0.2, -0.15) is 0 Å². The summed E-state index contributed by atoms with van der Waals surface area (Å²) in [4.78, 5) is 2.52. The third kappa shape index (κ3) is 4.62. The zero-order valence-corrected chi connectivity index (χ0v) is 32.2. The van der Waals surface area contributed by atoms with Crippen molar-refractivity contribution in [2.75, 3.05) is 4.90 Å². The maximum Gasteiger partial charge on any atom is 0.0541 e. The van der Waals surface area contributed by atoms with Crippen LogP contribution in [0.1, 0.15) is 49.9 Å². The van der Waals surface area contributed by atoms with E-state index in [0.29, 0.717) is 0 Å². The molecule has 56 heavy (non-hydrogen) atoms. The van der Waals surface area contributed by atoms with Crippen LogP contribution < -0.4 is 4.90 Å². The van der Waals surface area contributed by atoms with E-state index in [2.05, 4.69) is 219 Å². The van der Waals surface area contributed by atoms with E-state index in [1.165, 1.54) is 88.8 Å². The van der Waals surface area contributed by atoms with Crippen LogP contribution in [0.5, 0.6) is 0 Å². The third-order valence-corrected chi connectivity index (χ3v) is 12.7. The zero-order valence-electron chi connectivity index (χ0n) is 32.2. The molecule has 0 unspecified atom stereocenters. The average molecular weight is 719 g/mol. The van der Waals surface area contributed by atoms with Crippen LogP contribution in [-0.4, -0.2) is 4.57 Å². The van der Waals surface area contributed by atoms with Gasteiger partial charge in [-0.15, -0.1) is 0 Å². The van der Waals surface area contributed by atoms with Gasteiger partial charge < -0.3 is 9.47 Å². The summed E-state index contributed by atoms with van der Waals surface area (Å²) >= 11 is 0. The summed E-state index contributed by atoms with van der Waals surface area (Å²) in [5, 5.41) is 2.51. The molecule has 0 bridgehead atoms. The van der Waals surface area contributed by atoms with Gasteiger partial charge in [0, 0.05) is 38.7 Å². The number of hydrogen-bond acceptors (Lipinski definition) is 1. The summed E-state index contributed by atoms with van der Waals surface area (Å²) in [5.41, 5.74) is 20.1. The van der Waals surface area contributed by atoms with E-state index >= 15 is 0 Å². The minimum atomic E-state index is -0.179. The third-order valence-electron chi connectivity index (χ3n) is 12.7. The first-order chi connectivity index (χ1) is 27.3. The van der Waals surface area contributed by atoms with Crippen molar-refractivity contribution in [2.24, 2.45) is 0 Å². The molecule has 2 aliphatic carbocycles. The van der Waals surface area contributed by atoms with Crippen molar-refractivity contribution in [2.45, 2.75) is 38.5 Å². The average Bonchev–Trinajstić information content (AvgIpc) is 3.78. The lowest BCUT2D eigenvalue weighted by atomic mass is 9.81. The monoisotopic (exact) mass is 718 g/mol. The lowest BCUT2D eigenvalue weighted by Gasteiger charge is -2.33. The first kappa shape index (κ1) is 32.8. The number of nitrogens with zero attached hydrogens (tertiary/aromatic N) is 2. The predicted molar refractivity (Wildman–Crippen MR) is 236 cm³/mol. The van der Waals surface area contributed by atoms with Crippen LogP contribution >= 0.6 is 0 Å². The molecule has 0 spiro atoms. The van der Waals surface area contributed by atoms with Gasteiger partial charge in [-0.25, -0.2) is 0 Å². The molecule has 2 aliphatic rings. The molecule has 1 heterocycles. The summed E-state index contributed by atoms with van der Waals surface area (Å²) in [6, 6.07) is 67.5. The molecule has 1 aromatic heterocycles. The Hall–Kier alpha value is -6.64. The van der Waals surface area contributed by atoms with E-state index in [1.807, 2.05) is 0 Å². The second kappa shape index (κ2) is 11.9. The summed E-state index contributed by atoms with van der Waals surface area (Å²) in [6.07, 6.45) is 0. The fourth-order valence-corrected chi connectivity index (χ4v) is 10.1. The first-order valence-electron chi connectivity index (χ1n) is 19.8. The summed E-state index contributed by atoms with van der Waals surface area (Å²) < 4.78 is 2.38. The maximum absolute atomic E-state index is 2.52. The Balaban J connectivity index is 1.12. The van der Waals surface area contributed by atoms with Crippen LogP contribution in [0, 0.1) is 0 Å². The van der Waals surface area contributed by atoms with Crippen molar-refractivity contribution >= 4 is 38.9 Å². The van der Waals surface area contributed by atoms with E-state index in [0.717, 1.165) is 11.4 Å². The maximum atomic E-state index is 2.52. The Bertz CT molecular complexity index is 3030. The zero-order chi connectivity index (χ0) is 37.8. The molecule has 0 N–H and O–H groups in total. The quantitative estimate of drug-likeness (QED) is 0.172. The van der Waals surface area contributed by atoms with Crippen LogP contribution in [0.4, 0.5) is 17.1 Å². The van der Waals surface area contributed by atoms with Crippen LogP contribution in [0.25, 0.3) is 60.9 Å². The molecule has 0 radical (unpaired) electrons. The van der Waals surface area contributed by atoms with E-state index in [1.54, 1.807) is 0 Å². The van der Waals surface area contributed by atoms with E-state index in [4.69, 9.17) is 0 Å². The van der Waals surface area contributed by atoms with Gasteiger partial charge in [-0.3, -0.25) is 0 Å². The largest absolute Gasteiger partial charge is 0.310 e.